The third-order valence-corrected chi connectivity index (χ3v) is 5.24. The highest BCUT2D eigenvalue weighted by molar-refractivity contribution is 7.91. The van der Waals surface area contributed by atoms with Crippen LogP contribution >= 0.6 is 0 Å². The Morgan fingerprint density at radius 3 is 2.70 bits per heavy atom. The zero-order valence-corrected chi connectivity index (χ0v) is 12.2. The SMILES string of the molecule is CCS(=O)(=O)C(C)c1nc(-c2ccc(C)c(F)c2)no1. The van der Waals surface area contributed by atoms with Gasteiger partial charge in [0.1, 0.15) is 11.1 Å². The molecule has 0 fully saturated rings. The quantitative estimate of drug-likeness (QED) is 0.867. The van der Waals surface area contributed by atoms with Crippen molar-refractivity contribution in [3.63, 3.8) is 0 Å². The highest BCUT2D eigenvalue weighted by atomic mass is 32.2. The molecule has 0 saturated heterocycles. The highest BCUT2D eigenvalue weighted by Gasteiger charge is 2.26. The van der Waals surface area contributed by atoms with Gasteiger partial charge in [-0.2, -0.15) is 4.98 Å². The first-order chi connectivity index (χ1) is 9.35. The van der Waals surface area contributed by atoms with Gasteiger partial charge in [-0.25, -0.2) is 12.8 Å². The Balaban J connectivity index is 2.36. The van der Waals surface area contributed by atoms with Crippen molar-refractivity contribution in [3.8, 4) is 11.4 Å². The lowest BCUT2D eigenvalue weighted by molar-refractivity contribution is 0.377. The van der Waals surface area contributed by atoms with E-state index in [1.165, 1.54) is 13.0 Å². The minimum atomic E-state index is -3.31. The Labute approximate surface area is 116 Å². The van der Waals surface area contributed by atoms with Crippen LogP contribution in [0.2, 0.25) is 0 Å². The number of nitrogens with zero attached hydrogens (tertiary/aromatic N) is 2. The number of sulfone groups is 1. The molecule has 20 heavy (non-hydrogen) atoms. The molecule has 1 aromatic carbocycles. The van der Waals surface area contributed by atoms with Crippen LogP contribution in [-0.2, 0) is 9.84 Å². The molecule has 1 aromatic heterocycles. The topological polar surface area (TPSA) is 73.1 Å². The third kappa shape index (κ3) is 2.72. The van der Waals surface area contributed by atoms with Crippen LogP contribution in [0.3, 0.4) is 0 Å². The molecule has 0 saturated carbocycles. The van der Waals surface area contributed by atoms with Crippen molar-refractivity contribution < 1.29 is 17.3 Å². The number of hydrogen-bond acceptors (Lipinski definition) is 5. The van der Waals surface area contributed by atoms with E-state index in [0.717, 1.165) is 0 Å². The fourth-order valence-electron chi connectivity index (χ4n) is 1.65. The Kier molecular flexibility index (Phi) is 3.89. The molecule has 0 bridgehead atoms. The Morgan fingerprint density at radius 2 is 2.10 bits per heavy atom. The molecule has 0 radical (unpaired) electrons. The maximum atomic E-state index is 13.5. The van der Waals surface area contributed by atoms with Gasteiger partial charge in [-0.05, 0) is 25.5 Å². The molecular formula is C13H15FN2O3S. The van der Waals surface area contributed by atoms with Gasteiger partial charge >= 0.3 is 0 Å². The maximum absolute atomic E-state index is 13.5. The van der Waals surface area contributed by atoms with Crippen molar-refractivity contribution in [1.82, 2.24) is 10.1 Å². The van der Waals surface area contributed by atoms with Crippen LogP contribution in [0.1, 0.15) is 30.6 Å². The molecule has 5 nitrogen and oxygen atoms in total. The molecule has 2 aromatic rings. The van der Waals surface area contributed by atoms with Crippen LogP contribution in [0.15, 0.2) is 22.7 Å². The molecule has 0 aliphatic rings. The summed E-state index contributed by atoms with van der Waals surface area (Å²) in [5.41, 5.74) is 0.962. The standard InChI is InChI=1S/C13H15FN2O3S/c1-4-20(17,18)9(3)13-15-12(16-19-13)10-6-5-8(2)11(14)7-10/h5-7,9H,4H2,1-3H3. The monoisotopic (exact) mass is 298 g/mol. The van der Waals surface area contributed by atoms with Crippen molar-refractivity contribution in [2.24, 2.45) is 0 Å². The minimum absolute atomic E-state index is 0.00889. The van der Waals surface area contributed by atoms with Gasteiger partial charge in [0.05, 0.1) is 0 Å². The van der Waals surface area contributed by atoms with Crippen LogP contribution in [0.4, 0.5) is 4.39 Å². The molecule has 1 atom stereocenters. The summed E-state index contributed by atoms with van der Waals surface area (Å²) in [6.45, 7) is 4.70. The van der Waals surface area contributed by atoms with E-state index < -0.39 is 15.1 Å². The maximum Gasteiger partial charge on any atom is 0.245 e. The summed E-state index contributed by atoms with van der Waals surface area (Å²) in [4.78, 5) is 4.04. The summed E-state index contributed by atoms with van der Waals surface area (Å²) >= 11 is 0. The predicted molar refractivity (Wildman–Crippen MR) is 72.3 cm³/mol. The predicted octanol–water partition coefficient (Wildman–Crippen LogP) is 2.68. The fourth-order valence-corrected chi connectivity index (χ4v) is 2.56. The third-order valence-electron chi connectivity index (χ3n) is 3.16. The van der Waals surface area contributed by atoms with Crippen molar-refractivity contribution >= 4 is 9.84 Å². The van der Waals surface area contributed by atoms with Crippen molar-refractivity contribution in [3.05, 3.63) is 35.5 Å². The summed E-state index contributed by atoms with van der Waals surface area (Å²) in [5.74, 6) is -0.187. The smallest absolute Gasteiger partial charge is 0.245 e. The lowest BCUT2D eigenvalue weighted by Crippen LogP contribution is -2.12. The van der Waals surface area contributed by atoms with Crippen molar-refractivity contribution in [2.75, 3.05) is 5.75 Å². The van der Waals surface area contributed by atoms with E-state index in [1.54, 1.807) is 26.0 Å². The van der Waals surface area contributed by atoms with Crippen molar-refractivity contribution in [2.45, 2.75) is 26.0 Å². The minimum Gasteiger partial charge on any atom is -0.338 e. The Morgan fingerprint density at radius 1 is 1.40 bits per heavy atom. The normalized spacial score (nSPS) is 13.4. The Hall–Kier alpha value is -1.76. The van der Waals surface area contributed by atoms with E-state index in [9.17, 15) is 12.8 Å². The molecule has 1 heterocycles. The number of aryl methyl sites for hydroxylation is 1. The number of aromatic nitrogens is 2. The van der Waals surface area contributed by atoms with E-state index >= 15 is 0 Å². The average Bonchev–Trinajstić information content (AvgIpc) is 2.90. The van der Waals surface area contributed by atoms with Gasteiger partial charge in [-0.1, -0.05) is 24.2 Å². The summed E-state index contributed by atoms with van der Waals surface area (Å²) in [6, 6.07) is 4.56. The van der Waals surface area contributed by atoms with Gasteiger partial charge in [0.2, 0.25) is 11.7 Å². The first-order valence-corrected chi connectivity index (χ1v) is 7.88. The second kappa shape index (κ2) is 5.32. The molecule has 0 N–H and O–H groups in total. The highest BCUT2D eigenvalue weighted by Crippen LogP contribution is 2.24. The van der Waals surface area contributed by atoms with Crippen LogP contribution in [0.25, 0.3) is 11.4 Å². The van der Waals surface area contributed by atoms with Gasteiger partial charge in [0.25, 0.3) is 0 Å². The van der Waals surface area contributed by atoms with Crippen LogP contribution in [0, 0.1) is 12.7 Å². The van der Waals surface area contributed by atoms with Crippen LogP contribution in [-0.4, -0.2) is 24.3 Å². The lowest BCUT2D eigenvalue weighted by Gasteiger charge is -2.05. The number of hydrogen-bond donors (Lipinski definition) is 0. The average molecular weight is 298 g/mol. The second-order valence-electron chi connectivity index (χ2n) is 4.51. The summed E-state index contributed by atoms with van der Waals surface area (Å²) < 4.78 is 42.0. The summed E-state index contributed by atoms with van der Waals surface area (Å²) in [5, 5.41) is 2.84. The first-order valence-electron chi connectivity index (χ1n) is 6.17. The molecule has 0 aliphatic heterocycles. The van der Waals surface area contributed by atoms with E-state index in [4.69, 9.17) is 4.52 Å². The van der Waals surface area contributed by atoms with Crippen molar-refractivity contribution in [1.29, 1.82) is 0 Å². The number of rotatable bonds is 4. The molecular weight excluding hydrogens is 283 g/mol. The number of halogens is 1. The second-order valence-corrected chi connectivity index (χ2v) is 7.12. The van der Waals surface area contributed by atoms with Crippen LogP contribution < -0.4 is 0 Å². The molecule has 0 aliphatic carbocycles. The number of benzene rings is 1. The first kappa shape index (κ1) is 14.6. The van der Waals surface area contributed by atoms with Gasteiger partial charge in [-0.15, -0.1) is 0 Å². The van der Waals surface area contributed by atoms with E-state index in [1.807, 2.05) is 0 Å². The zero-order valence-electron chi connectivity index (χ0n) is 11.4. The summed E-state index contributed by atoms with van der Waals surface area (Å²) in [6.07, 6.45) is 0. The molecule has 7 heteroatoms. The molecule has 2 rings (SSSR count). The van der Waals surface area contributed by atoms with Gasteiger partial charge in [-0.3, -0.25) is 0 Å². The van der Waals surface area contributed by atoms with Gasteiger partial charge in [0.15, 0.2) is 9.84 Å². The molecule has 0 spiro atoms. The van der Waals surface area contributed by atoms with Crippen LogP contribution in [0.5, 0.6) is 0 Å². The lowest BCUT2D eigenvalue weighted by atomic mass is 10.1. The molecule has 108 valence electrons. The zero-order chi connectivity index (χ0) is 14.9. The summed E-state index contributed by atoms with van der Waals surface area (Å²) in [7, 11) is -3.31. The fraction of sp³-hybridized carbons (Fsp3) is 0.385. The largest absolute Gasteiger partial charge is 0.338 e. The van der Waals surface area contributed by atoms with Gasteiger partial charge < -0.3 is 4.52 Å². The Bertz CT molecular complexity index is 725. The van der Waals surface area contributed by atoms with E-state index in [2.05, 4.69) is 10.1 Å². The van der Waals surface area contributed by atoms with Gasteiger partial charge in [0, 0.05) is 11.3 Å². The molecule has 1 unspecified atom stereocenters. The molecule has 0 amide bonds. The van der Waals surface area contributed by atoms with E-state index in [-0.39, 0.29) is 23.3 Å². The van der Waals surface area contributed by atoms with E-state index in [0.29, 0.717) is 11.1 Å².